The summed E-state index contributed by atoms with van der Waals surface area (Å²) in [6, 6.07) is 10.9. The van der Waals surface area contributed by atoms with E-state index in [-0.39, 0.29) is 12.6 Å². The van der Waals surface area contributed by atoms with Crippen molar-refractivity contribution in [2.45, 2.75) is 51.6 Å². The maximum Gasteiger partial charge on any atom is 0.0626 e. The summed E-state index contributed by atoms with van der Waals surface area (Å²) in [4.78, 5) is 0. The van der Waals surface area contributed by atoms with Crippen molar-refractivity contribution in [3.8, 4) is 0 Å². The van der Waals surface area contributed by atoms with Crippen molar-refractivity contribution in [1.29, 1.82) is 0 Å². The van der Waals surface area contributed by atoms with Crippen LogP contribution in [0.5, 0.6) is 0 Å². The summed E-state index contributed by atoms with van der Waals surface area (Å²) in [6.07, 6.45) is 5.17. The number of benzene rings is 1. The lowest BCUT2D eigenvalue weighted by molar-refractivity contribution is 0.187. The Bertz CT molecular complexity index is 363. The lowest BCUT2D eigenvalue weighted by Gasteiger charge is -2.34. The molecule has 0 spiro atoms. The van der Waals surface area contributed by atoms with E-state index in [1.807, 2.05) is 18.2 Å². The maximum atomic E-state index is 9.62. The molecule has 0 radical (unpaired) electrons. The van der Waals surface area contributed by atoms with Gasteiger partial charge in [-0.1, -0.05) is 57.0 Å². The molecule has 2 N–H and O–H groups in total. The highest BCUT2D eigenvalue weighted by molar-refractivity contribution is 5.19. The highest BCUT2D eigenvalue weighted by Crippen LogP contribution is 2.31. The van der Waals surface area contributed by atoms with E-state index in [2.05, 4.69) is 31.3 Å². The molecule has 2 rings (SSSR count). The third kappa shape index (κ3) is 4.05. The van der Waals surface area contributed by atoms with Crippen LogP contribution in [-0.4, -0.2) is 17.8 Å². The Morgan fingerprint density at radius 3 is 2.58 bits per heavy atom. The number of hydrogen-bond donors (Lipinski definition) is 2. The van der Waals surface area contributed by atoms with Gasteiger partial charge < -0.3 is 10.4 Å². The summed E-state index contributed by atoms with van der Waals surface area (Å²) < 4.78 is 0. The molecule has 3 atom stereocenters. The van der Waals surface area contributed by atoms with Crippen molar-refractivity contribution >= 4 is 0 Å². The summed E-state index contributed by atoms with van der Waals surface area (Å²) in [5.41, 5.74) is 1.19. The predicted octanol–water partition coefficient (Wildman–Crippen LogP) is 3.52. The topological polar surface area (TPSA) is 32.3 Å². The van der Waals surface area contributed by atoms with Crippen molar-refractivity contribution in [2.24, 2.45) is 11.8 Å². The first-order valence-electron chi connectivity index (χ1n) is 7.62. The molecule has 2 nitrogen and oxygen atoms in total. The van der Waals surface area contributed by atoms with E-state index in [1.165, 1.54) is 31.2 Å². The number of rotatable bonds is 5. The zero-order valence-corrected chi connectivity index (χ0v) is 12.2. The Balaban J connectivity index is 1.95. The van der Waals surface area contributed by atoms with Crippen LogP contribution in [0.1, 0.15) is 51.1 Å². The van der Waals surface area contributed by atoms with Gasteiger partial charge in [0, 0.05) is 6.04 Å². The minimum absolute atomic E-state index is 0.0807. The van der Waals surface area contributed by atoms with Crippen molar-refractivity contribution in [3.63, 3.8) is 0 Å². The van der Waals surface area contributed by atoms with Crippen LogP contribution in [0, 0.1) is 11.8 Å². The second kappa shape index (κ2) is 7.06. The smallest absolute Gasteiger partial charge is 0.0626 e. The van der Waals surface area contributed by atoms with E-state index in [9.17, 15) is 5.11 Å². The first-order chi connectivity index (χ1) is 9.20. The molecular weight excluding hydrogens is 234 g/mol. The van der Waals surface area contributed by atoms with E-state index in [1.54, 1.807) is 0 Å². The fraction of sp³-hybridized carbons (Fsp3) is 0.647. The summed E-state index contributed by atoms with van der Waals surface area (Å²) in [5, 5.41) is 13.3. The standard InChI is InChI=1S/C17H27NO/c1-13(2)15-9-6-10-16(11-15)18-17(12-19)14-7-4-3-5-8-14/h3-5,7-8,13,15-19H,6,9-12H2,1-2H3. The molecule has 1 aliphatic rings. The van der Waals surface area contributed by atoms with Gasteiger partial charge in [0.05, 0.1) is 12.6 Å². The molecule has 0 aromatic heterocycles. The largest absolute Gasteiger partial charge is 0.394 e. The monoisotopic (exact) mass is 261 g/mol. The Labute approximate surface area is 117 Å². The highest BCUT2D eigenvalue weighted by atomic mass is 16.3. The summed E-state index contributed by atoms with van der Waals surface area (Å²) >= 11 is 0. The lowest BCUT2D eigenvalue weighted by Crippen LogP contribution is -2.39. The fourth-order valence-corrected chi connectivity index (χ4v) is 3.21. The number of hydrogen-bond acceptors (Lipinski definition) is 2. The first-order valence-corrected chi connectivity index (χ1v) is 7.62. The zero-order valence-electron chi connectivity index (χ0n) is 12.2. The molecule has 0 bridgehead atoms. The first kappa shape index (κ1) is 14.5. The Hall–Kier alpha value is -0.860. The van der Waals surface area contributed by atoms with Gasteiger partial charge in [-0.3, -0.25) is 0 Å². The van der Waals surface area contributed by atoms with Crippen LogP contribution >= 0.6 is 0 Å². The van der Waals surface area contributed by atoms with Crippen LogP contribution in [0.3, 0.4) is 0 Å². The minimum atomic E-state index is 0.0807. The average molecular weight is 261 g/mol. The van der Waals surface area contributed by atoms with E-state index in [4.69, 9.17) is 0 Å². The van der Waals surface area contributed by atoms with Crippen molar-refractivity contribution < 1.29 is 5.11 Å². The molecule has 2 heteroatoms. The molecule has 0 heterocycles. The van der Waals surface area contributed by atoms with Crippen LogP contribution in [-0.2, 0) is 0 Å². The van der Waals surface area contributed by atoms with Gasteiger partial charge in [0.25, 0.3) is 0 Å². The molecule has 1 fully saturated rings. The second-order valence-electron chi connectivity index (χ2n) is 6.18. The highest BCUT2D eigenvalue weighted by Gasteiger charge is 2.25. The van der Waals surface area contributed by atoms with E-state index < -0.39 is 0 Å². The summed E-state index contributed by atoms with van der Waals surface area (Å²) in [7, 11) is 0. The number of aliphatic hydroxyl groups is 1. The van der Waals surface area contributed by atoms with E-state index >= 15 is 0 Å². The Kier molecular flexibility index (Phi) is 5.41. The maximum absolute atomic E-state index is 9.62. The SMILES string of the molecule is CC(C)C1CCCC(NC(CO)c2ccccc2)C1. The van der Waals surface area contributed by atoms with E-state index in [0.717, 1.165) is 11.8 Å². The van der Waals surface area contributed by atoms with Crippen LogP contribution < -0.4 is 5.32 Å². The summed E-state index contributed by atoms with van der Waals surface area (Å²) in [5.74, 6) is 1.61. The van der Waals surface area contributed by atoms with Gasteiger partial charge in [-0.25, -0.2) is 0 Å². The van der Waals surface area contributed by atoms with Crippen LogP contribution in [0.15, 0.2) is 30.3 Å². The molecule has 1 aromatic rings. The van der Waals surface area contributed by atoms with Crippen LogP contribution in [0.4, 0.5) is 0 Å². The van der Waals surface area contributed by atoms with Crippen molar-refractivity contribution in [2.75, 3.05) is 6.61 Å². The van der Waals surface area contributed by atoms with Crippen molar-refractivity contribution in [1.82, 2.24) is 5.32 Å². The molecule has 3 unspecified atom stereocenters. The number of aliphatic hydroxyl groups excluding tert-OH is 1. The van der Waals surface area contributed by atoms with Crippen LogP contribution in [0.25, 0.3) is 0 Å². The quantitative estimate of drug-likeness (QED) is 0.850. The van der Waals surface area contributed by atoms with Gasteiger partial charge >= 0.3 is 0 Å². The third-order valence-corrected chi connectivity index (χ3v) is 4.48. The van der Waals surface area contributed by atoms with Gasteiger partial charge in [0.15, 0.2) is 0 Å². The van der Waals surface area contributed by atoms with Crippen LogP contribution in [0.2, 0.25) is 0 Å². The van der Waals surface area contributed by atoms with Gasteiger partial charge in [0.2, 0.25) is 0 Å². The Morgan fingerprint density at radius 2 is 1.95 bits per heavy atom. The normalized spacial score (nSPS) is 25.5. The fourth-order valence-electron chi connectivity index (χ4n) is 3.21. The molecule has 106 valence electrons. The molecule has 1 saturated carbocycles. The number of nitrogens with one attached hydrogen (secondary N) is 1. The van der Waals surface area contributed by atoms with Crippen molar-refractivity contribution in [3.05, 3.63) is 35.9 Å². The second-order valence-corrected chi connectivity index (χ2v) is 6.18. The van der Waals surface area contributed by atoms with E-state index in [0.29, 0.717) is 6.04 Å². The molecule has 0 aliphatic heterocycles. The predicted molar refractivity (Wildman–Crippen MR) is 80.0 cm³/mol. The van der Waals surface area contributed by atoms with Gasteiger partial charge in [0.1, 0.15) is 0 Å². The molecular formula is C17H27NO. The lowest BCUT2D eigenvalue weighted by atomic mass is 9.79. The summed E-state index contributed by atoms with van der Waals surface area (Å²) in [6.45, 7) is 4.83. The van der Waals surface area contributed by atoms with Gasteiger partial charge in [-0.15, -0.1) is 0 Å². The Morgan fingerprint density at radius 1 is 1.21 bits per heavy atom. The molecule has 1 aromatic carbocycles. The molecule has 0 saturated heterocycles. The third-order valence-electron chi connectivity index (χ3n) is 4.48. The van der Waals surface area contributed by atoms with Gasteiger partial charge in [-0.2, -0.15) is 0 Å². The molecule has 19 heavy (non-hydrogen) atoms. The molecule has 1 aliphatic carbocycles. The molecule has 0 amide bonds. The van der Waals surface area contributed by atoms with Gasteiger partial charge in [-0.05, 0) is 30.2 Å². The minimum Gasteiger partial charge on any atom is -0.394 e. The zero-order chi connectivity index (χ0) is 13.7. The average Bonchev–Trinajstić information content (AvgIpc) is 2.46.